The number of fused-ring (bicyclic) bond motifs is 1. The number of nitrogens with one attached hydrogen (secondary N) is 1. The van der Waals surface area contributed by atoms with Crippen LogP contribution in [0.3, 0.4) is 0 Å². The van der Waals surface area contributed by atoms with Crippen LogP contribution in [0.15, 0.2) is 54.7 Å². The van der Waals surface area contributed by atoms with Crippen molar-refractivity contribution >= 4 is 16.7 Å². The molecule has 7 N–H and O–H groups in total. The van der Waals surface area contributed by atoms with E-state index in [0.29, 0.717) is 12.1 Å². The molecule has 0 atom stereocenters. The van der Waals surface area contributed by atoms with E-state index >= 15 is 0 Å². The Morgan fingerprint density at radius 2 is 1.64 bits per heavy atom. The van der Waals surface area contributed by atoms with Gasteiger partial charge in [0.1, 0.15) is 5.84 Å². The van der Waals surface area contributed by atoms with Gasteiger partial charge in [-0.2, -0.15) is 13.2 Å². The van der Waals surface area contributed by atoms with Crippen molar-refractivity contribution in [3.63, 3.8) is 0 Å². The molecule has 2 aromatic carbocycles. The number of nitrogens with zero attached hydrogens (tertiary/aromatic N) is 1. The van der Waals surface area contributed by atoms with Crippen LogP contribution in [0, 0.1) is 5.41 Å². The molecule has 0 aliphatic carbocycles. The second-order valence-corrected chi connectivity index (χ2v) is 5.33. The number of benzene rings is 2. The number of aromatic nitrogens is 1. The number of alkyl halides is 3. The summed E-state index contributed by atoms with van der Waals surface area (Å²) in [5.74, 6) is 8.00. The third-order valence-corrected chi connectivity index (χ3v) is 3.72. The topological polar surface area (TPSA) is 107 Å². The van der Waals surface area contributed by atoms with Crippen molar-refractivity contribution in [3.8, 4) is 0 Å². The van der Waals surface area contributed by atoms with Crippen molar-refractivity contribution in [1.82, 2.24) is 4.57 Å². The Bertz CT molecular complexity index is 866. The van der Waals surface area contributed by atoms with Crippen LogP contribution in [-0.4, -0.2) is 10.4 Å². The lowest BCUT2D eigenvalue weighted by Gasteiger charge is -2.09. The smallest absolute Gasteiger partial charge is 0.384 e. The summed E-state index contributed by atoms with van der Waals surface area (Å²) in [5.41, 5.74) is 7.19. The first-order valence-corrected chi connectivity index (χ1v) is 7.27. The largest absolute Gasteiger partial charge is 0.416 e. The lowest BCUT2D eigenvalue weighted by atomic mass is 10.1. The van der Waals surface area contributed by atoms with Gasteiger partial charge < -0.3 is 10.3 Å². The van der Waals surface area contributed by atoms with Crippen LogP contribution in [-0.2, 0) is 12.7 Å². The molecule has 0 aliphatic rings. The first-order chi connectivity index (χ1) is 11.8. The molecule has 0 amide bonds. The standard InChI is InChI=1S/C17H14F3N3.H4N2/c18-17(19,20)14-4-1-11(2-5-14)10-23-8-7-12-9-13(16(21)22)3-6-15(12)23;1-2/h1-9H,10H2,(H3,21,22);1-2H2. The van der Waals surface area contributed by atoms with E-state index in [2.05, 4.69) is 11.7 Å². The van der Waals surface area contributed by atoms with Gasteiger partial charge in [0.25, 0.3) is 0 Å². The van der Waals surface area contributed by atoms with Crippen LogP contribution in [0.2, 0.25) is 0 Å². The highest BCUT2D eigenvalue weighted by molar-refractivity contribution is 5.98. The molecule has 0 fully saturated rings. The van der Waals surface area contributed by atoms with Crippen molar-refractivity contribution in [2.24, 2.45) is 17.4 Å². The molecule has 0 saturated carbocycles. The molecule has 0 bridgehead atoms. The summed E-state index contributed by atoms with van der Waals surface area (Å²) < 4.78 is 39.7. The van der Waals surface area contributed by atoms with Crippen molar-refractivity contribution in [2.45, 2.75) is 12.7 Å². The van der Waals surface area contributed by atoms with Gasteiger partial charge in [-0.25, -0.2) is 0 Å². The number of hydrazine groups is 1. The number of amidine groups is 1. The molecule has 132 valence electrons. The van der Waals surface area contributed by atoms with Gasteiger partial charge in [-0.15, -0.1) is 0 Å². The number of nitrogens with two attached hydrogens (primary N) is 3. The predicted octanol–water partition coefficient (Wildman–Crippen LogP) is 2.81. The lowest BCUT2D eigenvalue weighted by Crippen LogP contribution is -2.10. The van der Waals surface area contributed by atoms with Crippen LogP contribution in [0.1, 0.15) is 16.7 Å². The highest BCUT2D eigenvalue weighted by Gasteiger charge is 2.29. The molecule has 3 rings (SSSR count). The second kappa shape index (κ2) is 7.37. The maximum Gasteiger partial charge on any atom is 0.416 e. The molecule has 0 saturated heterocycles. The second-order valence-electron chi connectivity index (χ2n) is 5.33. The Labute approximate surface area is 142 Å². The number of hydrogen-bond acceptors (Lipinski definition) is 3. The monoisotopic (exact) mass is 349 g/mol. The average Bonchev–Trinajstić information content (AvgIpc) is 2.98. The van der Waals surface area contributed by atoms with Gasteiger partial charge in [0.05, 0.1) is 5.56 Å². The van der Waals surface area contributed by atoms with Gasteiger partial charge in [0.2, 0.25) is 0 Å². The zero-order chi connectivity index (χ0) is 18.6. The van der Waals surface area contributed by atoms with E-state index in [1.165, 1.54) is 12.1 Å². The predicted molar refractivity (Wildman–Crippen MR) is 91.9 cm³/mol. The number of rotatable bonds is 3. The quantitative estimate of drug-likeness (QED) is 0.253. The fraction of sp³-hybridized carbons (Fsp3) is 0.118. The molecular formula is C17H18F3N5. The summed E-state index contributed by atoms with van der Waals surface area (Å²) in [4.78, 5) is 0. The molecule has 0 unspecified atom stereocenters. The molecule has 5 nitrogen and oxygen atoms in total. The van der Waals surface area contributed by atoms with Crippen LogP contribution in [0.5, 0.6) is 0 Å². The molecular weight excluding hydrogens is 331 g/mol. The van der Waals surface area contributed by atoms with E-state index in [-0.39, 0.29) is 5.84 Å². The zero-order valence-corrected chi connectivity index (χ0v) is 13.2. The molecule has 3 aromatic rings. The first-order valence-electron chi connectivity index (χ1n) is 7.27. The number of nitrogen functional groups attached to an aromatic ring is 1. The van der Waals surface area contributed by atoms with Crippen LogP contribution in [0.4, 0.5) is 13.2 Å². The molecule has 1 heterocycles. The third kappa shape index (κ3) is 4.17. The Morgan fingerprint density at radius 3 is 2.20 bits per heavy atom. The average molecular weight is 349 g/mol. The highest BCUT2D eigenvalue weighted by Crippen LogP contribution is 2.29. The Kier molecular flexibility index (Phi) is 5.45. The normalized spacial score (nSPS) is 11.1. The van der Waals surface area contributed by atoms with Gasteiger partial charge in [-0.3, -0.25) is 17.1 Å². The maximum absolute atomic E-state index is 12.6. The molecule has 0 radical (unpaired) electrons. The Balaban J connectivity index is 0.00000109. The van der Waals surface area contributed by atoms with E-state index in [1.807, 2.05) is 29.0 Å². The number of halogens is 3. The van der Waals surface area contributed by atoms with Gasteiger partial charge in [0, 0.05) is 29.2 Å². The number of hydrogen-bond donors (Lipinski definition) is 4. The molecule has 0 aliphatic heterocycles. The minimum atomic E-state index is -4.32. The SMILES string of the molecule is N=C(N)c1ccc2c(ccn2Cc2ccc(C(F)(F)F)cc2)c1.NN. The minimum absolute atomic E-state index is 0.00221. The van der Waals surface area contributed by atoms with E-state index < -0.39 is 11.7 Å². The first kappa shape index (κ1) is 18.5. The molecule has 8 heteroatoms. The maximum atomic E-state index is 12.6. The van der Waals surface area contributed by atoms with E-state index in [0.717, 1.165) is 28.6 Å². The van der Waals surface area contributed by atoms with Crippen LogP contribution in [0.25, 0.3) is 10.9 Å². The fourth-order valence-corrected chi connectivity index (χ4v) is 2.50. The summed E-state index contributed by atoms with van der Waals surface area (Å²) in [6, 6.07) is 12.5. The van der Waals surface area contributed by atoms with Crippen molar-refractivity contribution in [3.05, 3.63) is 71.4 Å². The zero-order valence-electron chi connectivity index (χ0n) is 13.2. The van der Waals surface area contributed by atoms with Gasteiger partial charge in [-0.1, -0.05) is 12.1 Å². The lowest BCUT2D eigenvalue weighted by molar-refractivity contribution is -0.137. The molecule has 0 spiro atoms. The van der Waals surface area contributed by atoms with Crippen molar-refractivity contribution < 1.29 is 13.2 Å². The Morgan fingerprint density at radius 1 is 1.00 bits per heavy atom. The van der Waals surface area contributed by atoms with E-state index in [9.17, 15) is 13.2 Å². The fourth-order valence-electron chi connectivity index (χ4n) is 2.50. The summed E-state index contributed by atoms with van der Waals surface area (Å²) in [6.45, 7) is 0.473. The van der Waals surface area contributed by atoms with Crippen LogP contribution >= 0.6 is 0 Å². The van der Waals surface area contributed by atoms with Crippen molar-refractivity contribution in [2.75, 3.05) is 0 Å². The minimum Gasteiger partial charge on any atom is -0.384 e. The summed E-state index contributed by atoms with van der Waals surface area (Å²) in [7, 11) is 0. The molecule has 1 aromatic heterocycles. The Hall–Kier alpha value is -2.84. The molecule has 25 heavy (non-hydrogen) atoms. The third-order valence-electron chi connectivity index (χ3n) is 3.72. The van der Waals surface area contributed by atoms with Gasteiger partial charge in [0.15, 0.2) is 0 Å². The van der Waals surface area contributed by atoms with Gasteiger partial charge >= 0.3 is 6.18 Å². The van der Waals surface area contributed by atoms with E-state index in [1.54, 1.807) is 6.07 Å². The highest BCUT2D eigenvalue weighted by atomic mass is 19.4. The van der Waals surface area contributed by atoms with Crippen molar-refractivity contribution in [1.29, 1.82) is 5.41 Å². The summed E-state index contributed by atoms with van der Waals surface area (Å²) in [5, 5.41) is 8.38. The summed E-state index contributed by atoms with van der Waals surface area (Å²) >= 11 is 0. The van der Waals surface area contributed by atoms with Crippen LogP contribution < -0.4 is 17.4 Å². The van der Waals surface area contributed by atoms with E-state index in [4.69, 9.17) is 11.1 Å². The van der Waals surface area contributed by atoms with Gasteiger partial charge in [-0.05, 0) is 42.0 Å². The summed E-state index contributed by atoms with van der Waals surface area (Å²) in [6.07, 6.45) is -2.45.